The smallest absolute Gasteiger partial charge is 0.231 e. The average Bonchev–Trinajstić information content (AvgIpc) is 2.77. The Morgan fingerprint density at radius 3 is 2.76 bits per heavy atom. The first-order valence-corrected chi connectivity index (χ1v) is 5.70. The Morgan fingerprint density at radius 1 is 1.41 bits per heavy atom. The van der Waals surface area contributed by atoms with E-state index in [2.05, 4.69) is 11.4 Å². The van der Waals surface area contributed by atoms with Crippen molar-refractivity contribution in [1.29, 1.82) is 5.26 Å². The maximum absolute atomic E-state index is 8.66. The van der Waals surface area contributed by atoms with Crippen LogP contribution in [0.1, 0.15) is 30.0 Å². The molecule has 1 heterocycles. The number of nitrogens with one attached hydrogen (secondary N) is 1. The highest BCUT2D eigenvalue weighted by Crippen LogP contribution is 2.37. The van der Waals surface area contributed by atoms with Crippen LogP contribution in [0, 0.1) is 18.3 Å². The van der Waals surface area contributed by atoms with Crippen LogP contribution in [-0.4, -0.2) is 13.8 Å². The van der Waals surface area contributed by atoms with E-state index in [0.29, 0.717) is 13.2 Å². The van der Waals surface area contributed by atoms with Gasteiger partial charge in [0, 0.05) is 12.5 Å². The largest absolute Gasteiger partial charge is 0.454 e. The normalized spacial score (nSPS) is 14.4. The quantitative estimate of drug-likeness (QED) is 0.865. The molecule has 1 aliphatic rings. The first-order chi connectivity index (χ1) is 8.26. The Labute approximate surface area is 101 Å². The minimum atomic E-state index is 0.184. The van der Waals surface area contributed by atoms with Crippen molar-refractivity contribution in [3.8, 4) is 17.6 Å². The van der Waals surface area contributed by atoms with Crippen LogP contribution in [0.3, 0.4) is 0 Å². The van der Waals surface area contributed by atoms with E-state index >= 15 is 0 Å². The van der Waals surface area contributed by atoms with Gasteiger partial charge in [0.15, 0.2) is 11.5 Å². The number of ether oxygens (including phenoxy) is 2. The number of nitriles is 1. The van der Waals surface area contributed by atoms with E-state index in [9.17, 15) is 0 Å². The molecule has 1 N–H and O–H groups in total. The first kappa shape index (κ1) is 11.7. The molecule has 90 valence electrons. The predicted molar refractivity (Wildman–Crippen MR) is 63.9 cm³/mol. The molecule has 0 amide bonds. The third-order valence-corrected chi connectivity index (χ3v) is 3.03. The molecule has 17 heavy (non-hydrogen) atoms. The van der Waals surface area contributed by atoms with Gasteiger partial charge in [-0.05, 0) is 43.7 Å². The van der Waals surface area contributed by atoms with Crippen molar-refractivity contribution in [2.75, 3.05) is 13.8 Å². The third kappa shape index (κ3) is 2.34. The van der Waals surface area contributed by atoms with Gasteiger partial charge < -0.3 is 14.8 Å². The molecule has 1 atom stereocenters. The zero-order chi connectivity index (χ0) is 12.3. The Balaban J connectivity index is 2.27. The van der Waals surface area contributed by atoms with E-state index in [0.717, 1.165) is 23.5 Å². The Hall–Kier alpha value is -1.73. The SMILES string of the molecule is CNC(CCC#N)c1cc2c(cc1C)OCO2. The summed E-state index contributed by atoms with van der Waals surface area (Å²) in [6.07, 6.45) is 1.34. The molecule has 1 aromatic rings. The fraction of sp³-hybridized carbons (Fsp3) is 0.462. The first-order valence-electron chi connectivity index (χ1n) is 5.70. The van der Waals surface area contributed by atoms with Crippen LogP contribution in [0.5, 0.6) is 11.5 Å². The fourth-order valence-corrected chi connectivity index (χ4v) is 2.10. The van der Waals surface area contributed by atoms with Gasteiger partial charge >= 0.3 is 0 Å². The van der Waals surface area contributed by atoms with Crippen LogP contribution in [0.25, 0.3) is 0 Å². The highest BCUT2D eigenvalue weighted by molar-refractivity contribution is 5.49. The van der Waals surface area contributed by atoms with E-state index in [1.165, 1.54) is 5.56 Å². The van der Waals surface area contributed by atoms with Gasteiger partial charge in [0.25, 0.3) is 0 Å². The number of hydrogen-bond donors (Lipinski definition) is 1. The number of nitrogens with zero attached hydrogens (tertiary/aromatic N) is 1. The highest BCUT2D eigenvalue weighted by Gasteiger charge is 2.19. The van der Waals surface area contributed by atoms with E-state index < -0.39 is 0 Å². The Bertz CT molecular complexity index is 451. The summed E-state index contributed by atoms with van der Waals surface area (Å²) in [4.78, 5) is 0. The van der Waals surface area contributed by atoms with Crippen molar-refractivity contribution in [3.63, 3.8) is 0 Å². The van der Waals surface area contributed by atoms with Crippen LogP contribution in [0.2, 0.25) is 0 Å². The van der Waals surface area contributed by atoms with E-state index in [1.807, 2.05) is 26.1 Å². The summed E-state index contributed by atoms with van der Waals surface area (Å²) in [7, 11) is 1.91. The molecule has 0 radical (unpaired) electrons. The number of rotatable bonds is 4. The summed E-state index contributed by atoms with van der Waals surface area (Å²) >= 11 is 0. The molecule has 0 saturated heterocycles. The van der Waals surface area contributed by atoms with Gasteiger partial charge in [-0.15, -0.1) is 0 Å². The molecule has 0 fully saturated rings. The number of aryl methyl sites for hydroxylation is 1. The maximum Gasteiger partial charge on any atom is 0.231 e. The highest BCUT2D eigenvalue weighted by atomic mass is 16.7. The van der Waals surface area contributed by atoms with Crippen molar-refractivity contribution in [3.05, 3.63) is 23.3 Å². The van der Waals surface area contributed by atoms with E-state index in [1.54, 1.807) is 0 Å². The zero-order valence-corrected chi connectivity index (χ0v) is 10.1. The molecule has 0 aromatic heterocycles. The van der Waals surface area contributed by atoms with Crippen LogP contribution < -0.4 is 14.8 Å². The van der Waals surface area contributed by atoms with Crippen LogP contribution >= 0.6 is 0 Å². The lowest BCUT2D eigenvalue weighted by Gasteiger charge is -2.18. The second-order valence-electron chi connectivity index (χ2n) is 4.10. The molecular weight excluding hydrogens is 216 g/mol. The number of hydrogen-bond acceptors (Lipinski definition) is 4. The molecule has 1 aliphatic heterocycles. The molecule has 0 saturated carbocycles. The lowest BCUT2D eigenvalue weighted by atomic mass is 9.97. The van der Waals surface area contributed by atoms with Crippen molar-refractivity contribution in [2.24, 2.45) is 0 Å². The van der Waals surface area contributed by atoms with Gasteiger partial charge in [-0.3, -0.25) is 0 Å². The van der Waals surface area contributed by atoms with Crippen molar-refractivity contribution in [2.45, 2.75) is 25.8 Å². The second-order valence-corrected chi connectivity index (χ2v) is 4.10. The second kappa shape index (κ2) is 5.07. The molecule has 1 aromatic carbocycles. The van der Waals surface area contributed by atoms with Crippen molar-refractivity contribution in [1.82, 2.24) is 5.32 Å². The molecule has 4 heteroatoms. The summed E-state index contributed by atoms with van der Waals surface area (Å²) in [6.45, 7) is 2.34. The molecular formula is C13H16N2O2. The molecule has 4 nitrogen and oxygen atoms in total. The topological polar surface area (TPSA) is 54.3 Å². The van der Waals surface area contributed by atoms with Crippen LogP contribution in [0.4, 0.5) is 0 Å². The Kier molecular flexibility index (Phi) is 3.50. The van der Waals surface area contributed by atoms with Crippen LogP contribution in [-0.2, 0) is 0 Å². The van der Waals surface area contributed by atoms with Crippen molar-refractivity contribution < 1.29 is 9.47 Å². The van der Waals surface area contributed by atoms with Gasteiger partial charge in [0.05, 0.1) is 6.07 Å². The van der Waals surface area contributed by atoms with Gasteiger partial charge in [-0.2, -0.15) is 5.26 Å². The minimum Gasteiger partial charge on any atom is -0.454 e. The number of fused-ring (bicyclic) bond motifs is 1. The standard InChI is InChI=1S/C13H16N2O2/c1-9-6-12-13(17-8-16-12)7-10(9)11(15-2)4-3-5-14/h6-7,11,15H,3-4,8H2,1-2H3. The van der Waals surface area contributed by atoms with Gasteiger partial charge in [-0.25, -0.2) is 0 Å². The molecule has 0 spiro atoms. The predicted octanol–water partition coefficient (Wildman–Crippen LogP) is 2.29. The molecule has 0 aliphatic carbocycles. The lowest BCUT2D eigenvalue weighted by molar-refractivity contribution is 0.174. The molecule has 2 rings (SSSR count). The third-order valence-electron chi connectivity index (χ3n) is 3.03. The number of benzene rings is 1. The fourth-order valence-electron chi connectivity index (χ4n) is 2.10. The monoisotopic (exact) mass is 232 g/mol. The molecule has 1 unspecified atom stereocenters. The summed E-state index contributed by atoms with van der Waals surface area (Å²) in [5.41, 5.74) is 2.33. The van der Waals surface area contributed by atoms with Crippen LogP contribution in [0.15, 0.2) is 12.1 Å². The molecule has 0 bridgehead atoms. The summed E-state index contributed by atoms with van der Waals surface area (Å²) in [5, 5.41) is 11.9. The Morgan fingerprint density at radius 2 is 2.12 bits per heavy atom. The maximum atomic E-state index is 8.66. The van der Waals surface area contributed by atoms with Gasteiger partial charge in [-0.1, -0.05) is 0 Å². The van der Waals surface area contributed by atoms with Crippen molar-refractivity contribution >= 4 is 0 Å². The van der Waals surface area contributed by atoms with E-state index in [4.69, 9.17) is 14.7 Å². The summed E-state index contributed by atoms with van der Waals surface area (Å²) < 4.78 is 10.7. The van der Waals surface area contributed by atoms with Gasteiger partial charge in [0.1, 0.15) is 0 Å². The minimum absolute atomic E-state index is 0.184. The zero-order valence-electron chi connectivity index (χ0n) is 10.1. The summed E-state index contributed by atoms with van der Waals surface area (Å²) in [6, 6.07) is 6.37. The average molecular weight is 232 g/mol. The van der Waals surface area contributed by atoms with E-state index in [-0.39, 0.29) is 6.04 Å². The lowest BCUT2D eigenvalue weighted by Crippen LogP contribution is -2.17. The van der Waals surface area contributed by atoms with Gasteiger partial charge in [0.2, 0.25) is 6.79 Å². The summed E-state index contributed by atoms with van der Waals surface area (Å²) in [5.74, 6) is 1.60.